The van der Waals surface area contributed by atoms with E-state index in [9.17, 15) is 19.2 Å². The first-order chi connectivity index (χ1) is 15.8. The number of para-hydroxylation sites is 1. The number of nitrogens with one attached hydrogen (secondary N) is 1. The van der Waals surface area contributed by atoms with Gasteiger partial charge in [-0.2, -0.15) is 0 Å². The minimum absolute atomic E-state index is 0.138. The van der Waals surface area contributed by atoms with Gasteiger partial charge in [0.2, 0.25) is 0 Å². The summed E-state index contributed by atoms with van der Waals surface area (Å²) in [7, 11) is 0. The predicted molar refractivity (Wildman–Crippen MR) is 126 cm³/mol. The van der Waals surface area contributed by atoms with Crippen molar-refractivity contribution >= 4 is 58.1 Å². The molecule has 0 bridgehead atoms. The van der Waals surface area contributed by atoms with Crippen LogP contribution in [0.3, 0.4) is 0 Å². The first-order valence-electron chi connectivity index (χ1n) is 9.97. The van der Waals surface area contributed by atoms with E-state index < -0.39 is 23.7 Å². The lowest BCUT2D eigenvalue weighted by Gasteiger charge is -2.11. The van der Waals surface area contributed by atoms with Crippen LogP contribution in [0.25, 0.3) is 6.08 Å². The van der Waals surface area contributed by atoms with Gasteiger partial charge in [-0.05, 0) is 55.4 Å². The molecule has 0 aliphatic carbocycles. The summed E-state index contributed by atoms with van der Waals surface area (Å²) in [5, 5.41) is 2.68. The number of amides is 3. The van der Waals surface area contributed by atoms with Crippen molar-refractivity contribution in [2.75, 3.05) is 25.1 Å². The Labute approximate surface area is 199 Å². The summed E-state index contributed by atoms with van der Waals surface area (Å²) in [4.78, 5) is 49.7. The van der Waals surface area contributed by atoms with Gasteiger partial charge in [-0.1, -0.05) is 35.9 Å². The van der Waals surface area contributed by atoms with E-state index in [1.54, 1.807) is 49.4 Å². The molecule has 2 aromatic rings. The number of carbonyl (C=O) groups is 4. The lowest BCUT2D eigenvalue weighted by atomic mass is 10.2. The second-order valence-electron chi connectivity index (χ2n) is 6.91. The Morgan fingerprint density at radius 3 is 2.67 bits per heavy atom. The molecule has 1 aliphatic rings. The number of aryl methyl sites for hydroxylation is 1. The van der Waals surface area contributed by atoms with Crippen LogP contribution in [0.4, 0.5) is 10.5 Å². The number of carbonyl (C=O) groups excluding carboxylic acids is 4. The van der Waals surface area contributed by atoms with Crippen molar-refractivity contribution in [3.05, 3.63) is 63.5 Å². The third-order valence-electron chi connectivity index (χ3n) is 4.49. The van der Waals surface area contributed by atoms with E-state index in [1.807, 2.05) is 6.92 Å². The van der Waals surface area contributed by atoms with Crippen molar-refractivity contribution in [2.24, 2.45) is 0 Å². The molecule has 1 fully saturated rings. The van der Waals surface area contributed by atoms with Crippen molar-refractivity contribution in [3.63, 3.8) is 0 Å². The van der Waals surface area contributed by atoms with Gasteiger partial charge in [0.25, 0.3) is 17.1 Å². The molecule has 0 atom stereocenters. The highest BCUT2D eigenvalue weighted by molar-refractivity contribution is 8.18. The number of thioether (sulfide) groups is 1. The number of imide groups is 1. The fourth-order valence-electron chi connectivity index (χ4n) is 2.86. The van der Waals surface area contributed by atoms with Crippen molar-refractivity contribution in [1.29, 1.82) is 0 Å². The van der Waals surface area contributed by atoms with Crippen molar-refractivity contribution in [2.45, 2.75) is 13.8 Å². The first kappa shape index (κ1) is 24.3. The monoisotopic (exact) mass is 488 g/mol. The Bertz CT molecular complexity index is 1130. The van der Waals surface area contributed by atoms with E-state index in [-0.39, 0.29) is 24.0 Å². The Hall–Kier alpha value is -3.30. The summed E-state index contributed by atoms with van der Waals surface area (Å²) in [6, 6.07) is 12.0. The fraction of sp³-hybridized carbons (Fsp3) is 0.217. The van der Waals surface area contributed by atoms with E-state index >= 15 is 0 Å². The van der Waals surface area contributed by atoms with Crippen LogP contribution in [0.1, 0.15) is 18.1 Å². The van der Waals surface area contributed by atoms with Crippen LogP contribution in [0.15, 0.2) is 47.4 Å². The molecule has 1 heterocycles. The largest absolute Gasteiger partial charge is 0.483 e. The molecule has 172 valence electrons. The van der Waals surface area contributed by atoms with Gasteiger partial charge in [0, 0.05) is 16.3 Å². The number of halogens is 1. The normalized spacial score (nSPS) is 14.5. The molecule has 3 amide bonds. The lowest BCUT2D eigenvalue weighted by molar-refractivity contribution is -0.146. The molecule has 8 nitrogen and oxygen atoms in total. The van der Waals surface area contributed by atoms with Crippen LogP contribution in [-0.2, 0) is 19.1 Å². The number of rotatable bonds is 8. The predicted octanol–water partition coefficient (Wildman–Crippen LogP) is 4.27. The Morgan fingerprint density at radius 1 is 1.18 bits per heavy atom. The summed E-state index contributed by atoms with van der Waals surface area (Å²) in [5.74, 6) is -1.29. The van der Waals surface area contributed by atoms with Crippen LogP contribution in [-0.4, -0.2) is 47.7 Å². The van der Waals surface area contributed by atoms with Gasteiger partial charge in [-0.25, -0.2) is 0 Å². The summed E-state index contributed by atoms with van der Waals surface area (Å²) >= 11 is 6.79. The third-order valence-corrected chi connectivity index (χ3v) is 5.80. The van der Waals surface area contributed by atoms with Crippen LogP contribution >= 0.6 is 23.4 Å². The second-order valence-corrected chi connectivity index (χ2v) is 8.31. The Kier molecular flexibility index (Phi) is 8.13. The minimum atomic E-state index is -0.661. The zero-order valence-electron chi connectivity index (χ0n) is 17.9. The highest BCUT2D eigenvalue weighted by Crippen LogP contribution is 2.34. The summed E-state index contributed by atoms with van der Waals surface area (Å²) < 4.78 is 10.4. The van der Waals surface area contributed by atoms with Gasteiger partial charge in [-0.3, -0.25) is 24.1 Å². The number of hydrogen-bond acceptors (Lipinski definition) is 7. The zero-order chi connectivity index (χ0) is 24.0. The van der Waals surface area contributed by atoms with Crippen molar-refractivity contribution < 1.29 is 28.7 Å². The molecule has 2 aromatic carbocycles. The highest BCUT2D eigenvalue weighted by atomic mass is 35.5. The maximum atomic E-state index is 12.6. The van der Waals surface area contributed by atoms with E-state index in [0.717, 1.165) is 22.2 Å². The number of anilines is 1. The van der Waals surface area contributed by atoms with Gasteiger partial charge in [0.05, 0.1) is 11.5 Å². The molecule has 1 aliphatic heterocycles. The van der Waals surface area contributed by atoms with E-state index in [4.69, 9.17) is 21.1 Å². The fourth-order valence-corrected chi connectivity index (χ4v) is 3.87. The van der Waals surface area contributed by atoms with Crippen molar-refractivity contribution in [1.82, 2.24) is 4.90 Å². The van der Waals surface area contributed by atoms with Gasteiger partial charge >= 0.3 is 5.97 Å². The van der Waals surface area contributed by atoms with Crippen molar-refractivity contribution in [3.8, 4) is 5.75 Å². The Balaban J connectivity index is 1.67. The molecule has 0 saturated carbocycles. The average Bonchev–Trinajstić information content (AvgIpc) is 3.03. The SMILES string of the molecule is CCOC(=O)CN1C(=O)S/C(=C\c2ccccc2OCC(=O)Nc2ccc(C)c(Cl)c2)C1=O. The van der Waals surface area contributed by atoms with Crippen LogP contribution in [0.5, 0.6) is 5.75 Å². The summed E-state index contributed by atoms with van der Waals surface area (Å²) in [5.41, 5.74) is 1.94. The van der Waals surface area contributed by atoms with Gasteiger partial charge < -0.3 is 14.8 Å². The van der Waals surface area contributed by atoms with Crippen LogP contribution in [0.2, 0.25) is 5.02 Å². The van der Waals surface area contributed by atoms with Crippen LogP contribution < -0.4 is 10.1 Å². The number of ether oxygens (including phenoxy) is 2. The number of benzene rings is 2. The topological polar surface area (TPSA) is 102 Å². The number of hydrogen-bond donors (Lipinski definition) is 1. The minimum Gasteiger partial charge on any atom is -0.483 e. The summed E-state index contributed by atoms with van der Waals surface area (Å²) in [6.45, 7) is 2.93. The zero-order valence-corrected chi connectivity index (χ0v) is 19.5. The molecule has 0 unspecified atom stereocenters. The number of esters is 1. The molecule has 1 saturated heterocycles. The molecule has 0 radical (unpaired) electrons. The molecule has 33 heavy (non-hydrogen) atoms. The van der Waals surface area contributed by atoms with Gasteiger partial charge in [0.15, 0.2) is 6.61 Å². The standard InChI is InChI=1S/C23H21ClN2O6S/c1-3-31-21(28)12-26-22(29)19(33-23(26)30)10-15-6-4-5-7-18(15)32-13-20(27)25-16-9-8-14(2)17(24)11-16/h4-11H,3,12-13H2,1-2H3,(H,25,27)/b19-10-. The van der Waals surface area contributed by atoms with E-state index in [1.165, 1.54) is 6.08 Å². The molecule has 3 rings (SSSR count). The molecular formula is C23H21ClN2O6S. The van der Waals surface area contributed by atoms with E-state index in [0.29, 0.717) is 22.0 Å². The molecule has 1 N–H and O–H groups in total. The smallest absolute Gasteiger partial charge is 0.326 e. The Morgan fingerprint density at radius 2 is 1.94 bits per heavy atom. The lowest BCUT2D eigenvalue weighted by Crippen LogP contribution is -2.34. The first-order valence-corrected chi connectivity index (χ1v) is 11.2. The highest BCUT2D eigenvalue weighted by Gasteiger charge is 2.36. The number of nitrogens with zero attached hydrogens (tertiary/aromatic N) is 1. The molecular weight excluding hydrogens is 468 g/mol. The summed E-state index contributed by atoms with van der Waals surface area (Å²) in [6.07, 6.45) is 1.49. The molecule has 10 heteroatoms. The third kappa shape index (κ3) is 6.36. The molecule has 0 aromatic heterocycles. The average molecular weight is 489 g/mol. The second kappa shape index (κ2) is 11.0. The maximum Gasteiger partial charge on any atom is 0.326 e. The van der Waals surface area contributed by atoms with Crippen LogP contribution in [0, 0.1) is 6.92 Å². The quantitative estimate of drug-likeness (QED) is 0.437. The molecule has 0 spiro atoms. The van der Waals surface area contributed by atoms with Gasteiger partial charge in [0.1, 0.15) is 12.3 Å². The maximum absolute atomic E-state index is 12.6. The van der Waals surface area contributed by atoms with E-state index in [2.05, 4.69) is 5.32 Å². The van der Waals surface area contributed by atoms with Gasteiger partial charge in [-0.15, -0.1) is 0 Å².